The zero-order chi connectivity index (χ0) is 38.0. The van der Waals surface area contributed by atoms with Crippen molar-refractivity contribution in [2.45, 2.75) is 174 Å². The Morgan fingerprint density at radius 1 is 0.880 bits per heavy atom. The number of rotatable bonds is 7. The minimum Gasteiger partial charge on any atom is -0.462 e. The summed E-state index contributed by atoms with van der Waals surface area (Å²) in [4.78, 5) is 29.7. The van der Waals surface area contributed by atoms with E-state index in [1.807, 2.05) is 32.8 Å². The highest BCUT2D eigenvalue weighted by Gasteiger charge is 2.52. The maximum atomic E-state index is 14.0. The van der Waals surface area contributed by atoms with Gasteiger partial charge in [-0.25, -0.2) is 0 Å². The summed E-state index contributed by atoms with van der Waals surface area (Å²) in [5, 5.41) is 46.0. The third-order valence-electron chi connectivity index (χ3n) is 11.8. The lowest BCUT2D eigenvalue weighted by Gasteiger charge is -2.49. The number of aliphatic hydroxyl groups is 4. The van der Waals surface area contributed by atoms with E-state index in [9.17, 15) is 30.0 Å². The van der Waals surface area contributed by atoms with Gasteiger partial charge in [0.05, 0.1) is 47.6 Å². The molecule has 0 radical (unpaired) electrons. The van der Waals surface area contributed by atoms with Gasteiger partial charge in [0.25, 0.3) is 0 Å². The second-order valence-corrected chi connectivity index (χ2v) is 16.2. The first kappa shape index (κ1) is 43.1. The summed E-state index contributed by atoms with van der Waals surface area (Å²) in [7, 11) is 5.23. The lowest BCUT2D eigenvalue weighted by Crippen LogP contribution is -2.60. The van der Waals surface area contributed by atoms with Crippen LogP contribution in [0.3, 0.4) is 0 Å². The van der Waals surface area contributed by atoms with Gasteiger partial charge in [-0.05, 0) is 68.0 Å². The number of likely N-dealkylation sites (N-methyl/N-ethyl adjacent to an activating group) is 1. The predicted octanol–water partition coefficient (Wildman–Crippen LogP) is 2.67. The SMILES string of the molecule is CC[C@@H]1OC(=O)[C@H](C)[C@@H](OC2C[C@@](C)(OC)C(O)[C@H](C)O2)[C@H](C)[C@@H](OC2O[C@H](C)C[C@H](N(C)C)[C@H]2O)[C@](C)(O)C[C@@H](C)C(=O)[C@H](C)[C@@H](O)[C@@H]1C. The zero-order valence-corrected chi connectivity index (χ0v) is 32.6. The zero-order valence-electron chi connectivity index (χ0n) is 32.6. The molecule has 3 aliphatic heterocycles. The summed E-state index contributed by atoms with van der Waals surface area (Å²) in [6.07, 6.45) is -7.91. The Morgan fingerprint density at radius 3 is 2.06 bits per heavy atom. The van der Waals surface area contributed by atoms with Crippen molar-refractivity contribution in [3.05, 3.63) is 0 Å². The second kappa shape index (κ2) is 17.3. The number of ketones is 1. The maximum Gasteiger partial charge on any atom is 0.311 e. The summed E-state index contributed by atoms with van der Waals surface area (Å²) in [5.74, 6) is -4.59. The number of hydrogen-bond acceptors (Lipinski definition) is 13. The average molecular weight is 718 g/mol. The van der Waals surface area contributed by atoms with Gasteiger partial charge >= 0.3 is 5.97 Å². The van der Waals surface area contributed by atoms with Gasteiger partial charge in [-0.1, -0.05) is 34.6 Å². The molecule has 0 spiro atoms. The molecular weight excluding hydrogens is 650 g/mol. The van der Waals surface area contributed by atoms with E-state index in [-0.39, 0.29) is 30.8 Å². The van der Waals surface area contributed by atoms with Crippen molar-refractivity contribution >= 4 is 11.8 Å². The van der Waals surface area contributed by atoms with Gasteiger partial charge in [-0.3, -0.25) is 9.59 Å². The molecule has 0 amide bonds. The molecule has 4 N–H and O–H groups in total. The molecule has 0 aliphatic carbocycles. The normalized spacial score (nSPS) is 49.0. The Kier molecular flexibility index (Phi) is 14.9. The summed E-state index contributed by atoms with van der Waals surface area (Å²) in [6.45, 7) is 17.4. The van der Waals surface area contributed by atoms with Gasteiger partial charge in [0.15, 0.2) is 12.6 Å². The molecule has 0 saturated carbocycles. The fraction of sp³-hybridized carbons (Fsp3) is 0.946. The van der Waals surface area contributed by atoms with Gasteiger partial charge in [-0.15, -0.1) is 0 Å². The number of carbonyl (C=O) groups is 2. The van der Waals surface area contributed by atoms with Crippen LogP contribution in [0.15, 0.2) is 0 Å². The number of carbonyl (C=O) groups excluding carboxylic acids is 2. The molecule has 0 aromatic heterocycles. The Morgan fingerprint density at radius 2 is 1.50 bits per heavy atom. The van der Waals surface area contributed by atoms with E-state index in [1.165, 1.54) is 7.11 Å². The number of methoxy groups -OCH3 is 1. The lowest BCUT2D eigenvalue weighted by atomic mass is 9.74. The van der Waals surface area contributed by atoms with Crippen molar-refractivity contribution in [1.82, 2.24) is 4.90 Å². The van der Waals surface area contributed by atoms with E-state index in [0.717, 1.165) is 0 Å². The molecule has 3 fully saturated rings. The van der Waals surface area contributed by atoms with Crippen LogP contribution >= 0.6 is 0 Å². The molecule has 0 bridgehead atoms. The Balaban J connectivity index is 2.16. The summed E-state index contributed by atoms with van der Waals surface area (Å²) >= 11 is 0. The molecule has 3 saturated heterocycles. The second-order valence-electron chi connectivity index (χ2n) is 16.2. The molecule has 18 atom stereocenters. The number of ether oxygens (including phenoxy) is 6. The van der Waals surface area contributed by atoms with Crippen LogP contribution in [-0.4, -0.2) is 137 Å². The van der Waals surface area contributed by atoms with Crippen LogP contribution in [0.4, 0.5) is 0 Å². The van der Waals surface area contributed by atoms with Gasteiger partial charge < -0.3 is 53.7 Å². The Labute approximate surface area is 299 Å². The predicted molar refractivity (Wildman–Crippen MR) is 185 cm³/mol. The fourth-order valence-corrected chi connectivity index (χ4v) is 8.36. The number of aliphatic hydroxyl groups excluding tert-OH is 3. The molecule has 3 rings (SSSR count). The first-order chi connectivity index (χ1) is 23.1. The minimum atomic E-state index is -1.72. The van der Waals surface area contributed by atoms with Crippen LogP contribution in [0.1, 0.15) is 94.9 Å². The lowest BCUT2D eigenvalue weighted by molar-refractivity contribution is -0.317. The highest BCUT2D eigenvalue weighted by atomic mass is 16.7. The van der Waals surface area contributed by atoms with E-state index in [2.05, 4.69) is 0 Å². The summed E-state index contributed by atoms with van der Waals surface area (Å²) in [6, 6.07) is -0.297. The minimum absolute atomic E-state index is 0.0462. The number of Topliss-reactive ketones (excluding diaryl/α,β-unsaturated/α-hetero) is 1. The Bertz CT molecular complexity index is 1120. The monoisotopic (exact) mass is 717 g/mol. The van der Waals surface area contributed by atoms with Crippen molar-refractivity contribution in [1.29, 1.82) is 0 Å². The number of esters is 1. The summed E-state index contributed by atoms with van der Waals surface area (Å²) in [5.41, 5.74) is -2.73. The molecular formula is C37H67NO12. The van der Waals surface area contributed by atoms with Crippen LogP contribution in [0.25, 0.3) is 0 Å². The first-order valence-electron chi connectivity index (χ1n) is 18.4. The number of cyclic esters (lactones) is 1. The quantitative estimate of drug-likeness (QED) is 0.284. The van der Waals surface area contributed by atoms with Crippen LogP contribution in [0.2, 0.25) is 0 Å². The number of hydrogen-bond donors (Lipinski definition) is 4. The van der Waals surface area contributed by atoms with Gasteiger partial charge in [-0.2, -0.15) is 0 Å². The maximum absolute atomic E-state index is 14.0. The van der Waals surface area contributed by atoms with Crippen molar-refractivity contribution in [2.24, 2.45) is 29.6 Å². The van der Waals surface area contributed by atoms with E-state index < -0.39 is 102 Å². The smallest absolute Gasteiger partial charge is 0.311 e. The molecule has 0 aromatic carbocycles. The van der Waals surface area contributed by atoms with E-state index >= 15 is 0 Å². The van der Waals surface area contributed by atoms with E-state index in [4.69, 9.17) is 28.4 Å². The molecule has 3 unspecified atom stereocenters. The average Bonchev–Trinajstić information content (AvgIpc) is 3.05. The van der Waals surface area contributed by atoms with Crippen LogP contribution in [0.5, 0.6) is 0 Å². The molecule has 50 heavy (non-hydrogen) atoms. The standard InChI is InChI=1S/C37H67NO12/c1-14-26-20(4)29(40)21(5)28(39)18(2)16-36(9,44)33(50-35-30(41)25(38(11)12)15-19(3)46-35)22(6)31(23(7)34(43)48-26)49-27-17-37(10,45-13)32(42)24(8)47-27/h18-27,29-33,35,40-42,44H,14-17H2,1-13H3/t18-,19-,20-,21+,22+,23-,24+,25+,26+,27?,29+,30-,31+,32?,33-,35?,36-,37-/m1/s1. The highest BCUT2D eigenvalue weighted by molar-refractivity contribution is 5.83. The fourth-order valence-electron chi connectivity index (χ4n) is 8.36. The molecule has 292 valence electrons. The number of nitrogens with zero attached hydrogens (tertiary/aromatic N) is 1. The first-order valence-corrected chi connectivity index (χ1v) is 18.4. The van der Waals surface area contributed by atoms with Gasteiger partial charge in [0.2, 0.25) is 0 Å². The van der Waals surface area contributed by atoms with Crippen molar-refractivity contribution < 1.29 is 58.4 Å². The van der Waals surface area contributed by atoms with Crippen molar-refractivity contribution in [3.63, 3.8) is 0 Å². The molecule has 0 aromatic rings. The largest absolute Gasteiger partial charge is 0.462 e. The van der Waals surface area contributed by atoms with Gasteiger partial charge in [0, 0.05) is 43.2 Å². The van der Waals surface area contributed by atoms with Crippen LogP contribution in [0, 0.1) is 29.6 Å². The van der Waals surface area contributed by atoms with Crippen molar-refractivity contribution in [2.75, 3.05) is 21.2 Å². The Hall–Kier alpha value is -1.26. The van der Waals surface area contributed by atoms with E-state index in [1.54, 1.807) is 55.4 Å². The molecule has 3 aliphatic rings. The third kappa shape index (κ3) is 9.45. The summed E-state index contributed by atoms with van der Waals surface area (Å²) < 4.78 is 37.3. The van der Waals surface area contributed by atoms with Gasteiger partial charge in [0.1, 0.15) is 24.1 Å². The molecule has 13 heteroatoms. The topological polar surface area (TPSA) is 174 Å². The highest BCUT2D eigenvalue weighted by Crippen LogP contribution is 2.40. The van der Waals surface area contributed by atoms with Crippen LogP contribution < -0.4 is 0 Å². The van der Waals surface area contributed by atoms with E-state index in [0.29, 0.717) is 12.8 Å². The molecule has 13 nitrogen and oxygen atoms in total. The molecule has 3 heterocycles. The van der Waals surface area contributed by atoms with Crippen LogP contribution in [-0.2, 0) is 38.0 Å². The van der Waals surface area contributed by atoms with Crippen molar-refractivity contribution in [3.8, 4) is 0 Å². The third-order valence-corrected chi connectivity index (χ3v) is 11.8.